The molecule has 1 aliphatic heterocycles. The monoisotopic (exact) mass is 418 g/mol. The first kappa shape index (κ1) is 20.3. The van der Waals surface area contributed by atoms with Crippen molar-refractivity contribution in [3.63, 3.8) is 0 Å². The summed E-state index contributed by atoms with van der Waals surface area (Å²) in [5, 5.41) is 3.19. The molecule has 0 bridgehead atoms. The smallest absolute Gasteiger partial charge is 0.337 e. The number of hydrogen-bond acceptors (Lipinski definition) is 6. The first-order valence-corrected chi connectivity index (χ1v) is 9.89. The molecule has 4 rings (SSSR count). The molecular formula is C23H22N4O4. The van der Waals surface area contributed by atoms with E-state index in [0.717, 1.165) is 10.1 Å². The number of benzene rings is 1. The van der Waals surface area contributed by atoms with Gasteiger partial charge in [-0.1, -0.05) is 36.4 Å². The quantitative estimate of drug-likeness (QED) is 0.652. The Bertz CT molecular complexity index is 1290. The van der Waals surface area contributed by atoms with Gasteiger partial charge in [0, 0.05) is 26.5 Å². The number of hydrogen-bond donors (Lipinski definition) is 1. The fraction of sp³-hybridized carbons (Fsp3) is 0.217. The highest BCUT2D eigenvalue weighted by Gasteiger charge is 2.38. The molecule has 158 valence electrons. The highest BCUT2D eigenvalue weighted by atomic mass is 16.5. The van der Waals surface area contributed by atoms with E-state index in [1.165, 1.54) is 11.6 Å². The Hall–Kier alpha value is -3.94. The molecule has 2 aromatic heterocycles. The molecule has 1 aromatic carbocycles. The number of nitrogens with zero attached hydrogens (tertiary/aromatic N) is 3. The van der Waals surface area contributed by atoms with Crippen molar-refractivity contribution in [3.05, 3.63) is 98.0 Å². The summed E-state index contributed by atoms with van der Waals surface area (Å²) in [5.74, 6) is -0.956. The molecule has 1 aliphatic rings. The molecular weight excluding hydrogens is 396 g/mol. The van der Waals surface area contributed by atoms with Crippen molar-refractivity contribution in [2.75, 3.05) is 11.9 Å². The normalized spacial score (nSPS) is 15.3. The number of carbonyl (C=O) groups is 1. The molecule has 0 fully saturated rings. The summed E-state index contributed by atoms with van der Waals surface area (Å²) in [6.07, 6.45) is 3.24. The van der Waals surface area contributed by atoms with Gasteiger partial charge in [-0.3, -0.25) is 18.9 Å². The van der Waals surface area contributed by atoms with Crippen molar-refractivity contribution < 1.29 is 9.53 Å². The van der Waals surface area contributed by atoms with E-state index in [-0.39, 0.29) is 6.61 Å². The Morgan fingerprint density at radius 1 is 1.10 bits per heavy atom. The van der Waals surface area contributed by atoms with Crippen LogP contribution in [0.4, 0.5) is 5.82 Å². The van der Waals surface area contributed by atoms with Crippen LogP contribution >= 0.6 is 0 Å². The molecule has 0 spiro atoms. The largest absolute Gasteiger partial charge is 0.463 e. The Morgan fingerprint density at radius 3 is 2.48 bits per heavy atom. The molecule has 0 aliphatic carbocycles. The minimum Gasteiger partial charge on any atom is -0.463 e. The zero-order chi connectivity index (χ0) is 22.1. The maximum atomic E-state index is 13.3. The molecule has 3 aromatic rings. The number of nitrogens with one attached hydrogen (secondary N) is 1. The van der Waals surface area contributed by atoms with Crippen LogP contribution in [0.5, 0.6) is 0 Å². The third-order valence-corrected chi connectivity index (χ3v) is 5.37. The summed E-state index contributed by atoms with van der Waals surface area (Å²) in [6, 6.07) is 12.8. The Balaban J connectivity index is 2.13. The van der Waals surface area contributed by atoms with Crippen LogP contribution in [0.3, 0.4) is 0 Å². The molecule has 1 atom stereocenters. The molecule has 0 saturated carbocycles. The van der Waals surface area contributed by atoms with Crippen molar-refractivity contribution in [2.45, 2.75) is 12.8 Å². The molecule has 0 saturated heterocycles. The van der Waals surface area contributed by atoms with Gasteiger partial charge in [-0.25, -0.2) is 9.59 Å². The summed E-state index contributed by atoms with van der Waals surface area (Å²) in [5.41, 5.74) is 1.52. The Morgan fingerprint density at radius 2 is 1.84 bits per heavy atom. The van der Waals surface area contributed by atoms with E-state index in [1.807, 2.05) is 30.3 Å². The lowest BCUT2D eigenvalue weighted by Gasteiger charge is -2.31. The van der Waals surface area contributed by atoms with Crippen LogP contribution in [0.2, 0.25) is 0 Å². The molecule has 0 radical (unpaired) electrons. The standard InChI is InChI=1S/C23H22N4O4/c1-4-31-22(29)17-16(15-11-8-12-24-13-15)18-20(26(2)23(30)27(3)21(18)28)25-19(17)14-9-6-5-7-10-14/h5-13,16,25H,4H2,1-3H3. The number of rotatable bonds is 4. The lowest BCUT2D eigenvalue weighted by molar-refractivity contribution is -0.138. The summed E-state index contributed by atoms with van der Waals surface area (Å²) in [4.78, 5) is 43.3. The van der Waals surface area contributed by atoms with Gasteiger partial charge in [0.05, 0.1) is 29.4 Å². The lowest BCUT2D eigenvalue weighted by atomic mass is 9.81. The van der Waals surface area contributed by atoms with Crippen LogP contribution in [0.15, 0.2) is 70.0 Å². The maximum Gasteiger partial charge on any atom is 0.337 e. The summed E-state index contributed by atoms with van der Waals surface area (Å²) >= 11 is 0. The van der Waals surface area contributed by atoms with Crippen LogP contribution in [0.1, 0.15) is 29.5 Å². The van der Waals surface area contributed by atoms with Crippen molar-refractivity contribution >= 4 is 17.5 Å². The second-order valence-corrected chi connectivity index (χ2v) is 7.19. The van der Waals surface area contributed by atoms with Crippen LogP contribution in [0, 0.1) is 0 Å². The first-order valence-electron chi connectivity index (χ1n) is 9.89. The second kappa shape index (κ2) is 8.06. The molecule has 3 heterocycles. The number of aromatic nitrogens is 3. The number of fused-ring (bicyclic) bond motifs is 1. The number of carbonyl (C=O) groups excluding carboxylic acids is 1. The maximum absolute atomic E-state index is 13.3. The van der Waals surface area contributed by atoms with Gasteiger partial charge in [0.25, 0.3) is 5.56 Å². The van der Waals surface area contributed by atoms with Gasteiger partial charge in [0.15, 0.2) is 0 Å². The van der Waals surface area contributed by atoms with Gasteiger partial charge in [-0.05, 0) is 24.1 Å². The van der Waals surface area contributed by atoms with Gasteiger partial charge in [-0.15, -0.1) is 0 Å². The van der Waals surface area contributed by atoms with E-state index in [0.29, 0.717) is 28.2 Å². The predicted molar refractivity (Wildman–Crippen MR) is 117 cm³/mol. The lowest BCUT2D eigenvalue weighted by Crippen LogP contribution is -2.43. The van der Waals surface area contributed by atoms with E-state index in [1.54, 1.807) is 38.5 Å². The minimum absolute atomic E-state index is 0.183. The zero-order valence-corrected chi connectivity index (χ0v) is 17.5. The van der Waals surface area contributed by atoms with Gasteiger partial charge in [0.1, 0.15) is 5.82 Å². The fourth-order valence-corrected chi connectivity index (χ4v) is 3.90. The zero-order valence-electron chi connectivity index (χ0n) is 17.5. The number of ether oxygens (including phenoxy) is 1. The average Bonchev–Trinajstić information content (AvgIpc) is 2.81. The minimum atomic E-state index is -0.760. The number of pyridine rings is 1. The molecule has 0 amide bonds. The molecule has 8 nitrogen and oxygen atoms in total. The predicted octanol–water partition coefficient (Wildman–Crippen LogP) is 2.01. The van der Waals surface area contributed by atoms with Crippen LogP contribution < -0.4 is 16.6 Å². The van der Waals surface area contributed by atoms with Crippen molar-refractivity contribution in [3.8, 4) is 0 Å². The van der Waals surface area contributed by atoms with E-state index in [2.05, 4.69) is 10.3 Å². The average molecular weight is 418 g/mol. The van der Waals surface area contributed by atoms with Crippen LogP contribution in [0.25, 0.3) is 5.70 Å². The third kappa shape index (κ3) is 3.35. The second-order valence-electron chi connectivity index (χ2n) is 7.19. The third-order valence-electron chi connectivity index (χ3n) is 5.37. The van der Waals surface area contributed by atoms with E-state index in [4.69, 9.17) is 4.74 Å². The van der Waals surface area contributed by atoms with Gasteiger partial charge < -0.3 is 10.1 Å². The Kier molecular flexibility index (Phi) is 5.29. The van der Waals surface area contributed by atoms with Crippen molar-refractivity contribution in [1.82, 2.24) is 14.1 Å². The summed E-state index contributed by atoms with van der Waals surface area (Å²) < 4.78 is 7.81. The SMILES string of the molecule is CCOC(=O)C1=C(c2ccccc2)Nc2c(c(=O)n(C)c(=O)n2C)C1c1cccnc1. The van der Waals surface area contributed by atoms with Gasteiger partial charge in [-0.2, -0.15) is 0 Å². The Labute approximate surface area is 178 Å². The van der Waals surface area contributed by atoms with Crippen LogP contribution in [-0.4, -0.2) is 26.7 Å². The summed E-state index contributed by atoms with van der Waals surface area (Å²) in [7, 11) is 3.01. The molecule has 1 N–H and O–H groups in total. The van der Waals surface area contributed by atoms with Crippen molar-refractivity contribution in [1.29, 1.82) is 0 Å². The first-order chi connectivity index (χ1) is 15.0. The van der Waals surface area contributed by atoms with Gasteiger partial charge in [0.2, 0.25) is 0 Å². The topological polar surface area (TPSA) is 95.2 Å². The highest BCUT2D eigenvalue weighted by molar-refractivity contribution is 6.04. The molecule has 31 heavy (non-hydrogen) atoms. The van der Waals surface area contributed by atoms with Gasteiger partial charge >= 0.3 is 11.7 Å². The highest BCUT2D eigenvalue weighted by Crippen LogP contribution is 2.42. The summed E-state index contributed by atoms with van der Waals surface area (Å²) in [6.45, 7) is 1.91. The van der Waals surface area contributed by atoms with Crippen LogP contribution in [-0.2, 0) is 23.6 Å². The molecule has 1 unspecified atom stereocenters. The van der Waals surface area contributed by atoms with Crippen molar-refractivity contribution in [2.24, 2.45) is 14.1 Å². The van der Waals surface area contributed by atoms with E-state index in [9.17, 15) is 14.4 Å². The fourth-order valence-electron chi connectivity index (χ4n) is 3.90. The number of anilines is 1. The number of esters is 1. The van der Waals surface area contributed by atoms with E-state index < -0.39 is 23.1 Å². The molecule has 8 heteroatoms. The van der Waals surface area contributed by atoms with E-state index >= 15 is 0 Å².